The Morgan fingerprint density at radius 1 is 1.24 bits per heavy atom. The first-order chi connectivity index (χ1) is 10.4. The van der Waals surface area contributed by atoms with Crippen molar-refractivity contribution >= 4 is 5.78 Å². The Hall–Kier alpha value is -2.28. The molecule has 0 saturated heterocycles. The van der Waals surface area contributed by atoms with E-state index >= 15 is 0 Å². The van der Waals surface area contributed by atoms with Crippen molar-refractivity contribution in [2.45, 2.75) is 25.9 Å². The summed E-state index contributed by atoms with van der Waals surface area (Å²) in [5, 5.41) is 11.8. The van der Waals surface area contributed by atoms with Crippen LogP contribution in [0.3, 0.4) is 0 Å². The molecule has 0 atom stereocenters. The number of aromatic nitrogens is 6. The van der Waals surface area contributed by atoms with Crippen molar-refractivity contribution in [3.63, 3.8) is 0 Å². The lowest BCUT2D eigenvalue weighted by atomic mass is 10.4. The SMILES string of the molecule is c1cnc2nc(Cn3cc(CNCC4CC4)nn3)cn2c1. The van der Waals surface area contributed by atoms with Crippen molar-refractivity contribution in [3.05, 3.63) is 42.2 Å². The molecule has 3 aromatic heterocycles. The number of nitrogens with one attached hydrogen (secondary N) is 1. The number of rotatable bonds is 6. The van der Waals surface area contributed by atoms with Gasteiger partial charge in [0.1, 0.15) is 0 Å². The number of imidazole rings is 1. The molecule has 4 rings (SSSR count). The van der Waals surface area contributed by atoms with E-state index in [2.05, 4.69) is 25.6 Å². The van der Waals surface area contributed by atoms with Crippen molar-refractivity contribution in [1.82, 2.24) is 34.7 Å². The number of fused-ring (bicyclic) bond motifs is 1. The van der Waals surface area contributed by atoms with Crippen LogP contribution in [0.5, 0.6) is 0 Å². The van der Waals surface area contributed by atoms with E-state index in [1.54, 1.807) is 6.20 Å². The molecule has 21 heavy (non-hydrogen) atoms. The fraction of sp³-hybridized carbons (Fsp3) is 0.429. The molecule has 0 radical (unpaired) electrons. The molecule has 0 amide bonds. The summed E-state index contributed by atoms with van der Waals surface area (Å²) in [5.41, 5.74) is 1.90. The summed E-state index contributed by atoms with van der Waals surface area (Å²) in [7, 11) is 0. The zero-order valence-electron chi connectivity index (χ0n) is 11.7. The van der Waals surface area contributed by atoms with Crippen LogP contribution in [0.25, 0.3) is 5.78 Å². The fourth-order valence-corrected chi connectivity index (χ4v) is 2.34. The van der Waals surface area contributed by atoms with Gasteiger partial charge in [0.25, 0.3) is 0 Å². The highest BCUT2D eigenvalue weighted by Crippen LogP contribution is 2.27. The molecule has 0 aliphatic heterocycles. The van der Waals surface area contributed by atoms with Gasteiger partial charge in [0.05, 0.1) is 24.1 Å². The van der Waals surface area contributed by atoms with Crippen LogP contribution >= 0.6 is 0 Å². The molecule has 0 unspecified atom stereocenters. The minimum atomic E-state index is 0.610. The van der Waals surface area contributed by atoms with Gasteiger partial charge in [-0.15, -0.1) is 5.10 Å². The molecule has 7 nitrogen and oxygen atoms in total. The zero-order valence-corrected chi connectivity index (χ0v) is 11.7. The van der Waals surface area contributed by atoms with Crippen molar-refractivity contribution in [2.24, 2.45) is 5.92 Å². The Kier molecular flexibility index (Phi) is 3.11. The van der Waals surface area contributed by atoms with Gasteiger partial charge in [0.15, 0.2) is 0 Å². The first-order valence-electron chi connectivity index (χ1n) is 7.25. The normalized spacial score (nSPS) is 14.9. The lowest BCUT2D eigenvalue weighted by Crippen LogP contribution is -2.16. The second-order valence-corrected chi connectivity index (χ2v) is 5.54. The van der Waals surface area contributed by atoms with Crippen molar-refractivity contribution in [3.8, 4) is 0 Å². The minimum Gasteiger partial charge on any atom is -0.311 e. The van der Waals surface area contributed by atoms with E-state index in [1.807, 2.05) is 33.7 Å². The molecule has 7 heteroatoms. The summed E-state index contributed by atoms with van der Waals surface area (Å²) >= 11 is 0. The third kappa shape index (κ3) is 2.92. The molecule has 0 aromatic carbocycles. The molecule has 0 bridgehead atoms. The fourth-order valence-electron chi connectivity index (χ4n) is 2.34. The average molecular weight is 283 g/mol. The second-order valence-electron chi connectivity index (χ2n) is 5.54. The topological polar surface area (TPSA) is 72.9 Å². The monoisotopic (exact) mass is 283 g/mol. The summed E-state index contributed by atoms with van der Waals surface area (Å²) in [6.45, 7) is 2.48. The molecule has 1 N–H and O–H groups in total. The smallest absolute Gasteiger partial charge is 0.233 e. The standard InChI is InChI=1S/C14H17N7/c1-4-16-14-17-13(8-20(14)5-1)10-21-9-12(18-19-21)7-15-6-11-2-3-11/h1,4-5,8-9,11,15H,2-3,6-7,10H2. The molecule has 1 saturated carbocycles. The maximum absolute atomic E-state index is 4.46. The van der Waals surface area contributed by atoms with Crippen molar-refractivity contribution < 1.29 is 0 Å². The molecule has 0 spiro atoms. The van der Waals surface area contributed by atoms with Gasteiger partial charge in [-0.25, -0.2) is 14.6 Å². The van der Waals surface area contributed by atoms with E-state index < -0.39 is 0 Å². The third-order valence-corrected chi connectivity index (χ3v) is 3.63. The van der Waals surface area contributed by atoms with Crippen LogP contribution in [0.15, 0.2) is 30.9 Å². The van der Waals surface area contributed by atoms with Crippen LogP contribution < -0.4 is 5.32 Å². The van der Waals surface area contributed by atoms with Gasteiger partial charge in [-0.1, -0.05) is 5.21 Å². The largest absolute Gasteiger partial charge is 0.311 e. The maximum Gasteiger partial charge on any atom is 0.233 e. The van der Waals surface area contributed by atoms with Crippen LogP contribution in [-0.4, -0.2) is 35.9 Å². The Balaban J connectivity index is 1.40. The quantitative estimate of drug-likeness (QED) is 0.726. The minimum absolute atomic E-state index is 0.610. The zero-order chi connectivity index (χ0) is 14.1. The van der Waals surface area contributed by atoms with Crippen LogP contribution in [0.2, 0.25) is 0 Å². The second kappa shape index (κ2) is 5.25. The molecular weight excluding hydrogens is 266 g/mol. The van der Waals surface area contributed by atoms with Gasteiger partial charge in [-0.2, -0.15) is 0 Å². The molecule has 3 aromatic rings. The molecule has 108 valence electrons. The predicted molar refractivity (Wildman–Crippen MR) is 76.5 cm³/mol. The maximum atomic E-state index is 4.46. The van der Waals surface area contributed by atoms with Gasteiger partial charge in [-0.05, 0) is 31.4 Å². The van der Waals surface area contributed by atoms with E-state index in [4.69, 9.17) is 0 Å². The average Bonchev–Trinajstić information content (AvgIpc) is 3.06. The molecule has 3 heterocycles. The van der Waals surface area contributed by atoms with E-state index in [-0.39, 0.29) is 0 Å². The summed E-state index contributed by atoms with van der Waals surface area (Å²) in [6, 6.07) is 1.89. The Labute approximate surface area is 122 Å². The Morgan fingerprint density at radius 2 is 2.19 bits per heavy atom. The van der Waals surface area contributed by atoms with Crippen LogP contribution in [0.4, 0.5) is 0 Å². The van der Waals surface area contributed by atoms with Gasteiger partial charge >= 0.3 is 0 Å². The van der Waals surface area contributed by atoms with E-state index in [9.17, 15) is 0 Å². The summed E-state index contributed by atoms with van der Waals surface area (Å²) in [6.07, 6.45) is 10.3. The first-order valence-corrected chi connectivity index (χ1v) is 7.25. The summed E-state index contributed by atoms with van der Waals surface area (Å²) < 4.78 is 3.72. The highest BCUT2D eigenvalue weighted by molar-refractivity contribution is 5.29. The van der Waals surface area contributed by atoms with Crippen LogP contribution in [0, 0.1) is 5.92 Å². The van der Waals surface area contributed by atoms with Gasteiger partial charge in [-0.3, -0.25) is 4.40 Å². The summed E-state index contributed by atoms with van der Waals surface area (Å²) in [5.74, 6) is 1.59. The molecule has 1 aliphatic rings. The Morgan fingerprint density at radius 3 is 3.05 bits per heavy atom. The lowest BCUT2D eigenvalue weighted by Gasteiger charge is -1.98. The highest BCUT2D eigenvalue weighted by Gasteiger charge is 2.20. The van der Waals surface area contributed by atoms with E-state index in [0.29, 0.717) is 12.3 Å². The molecule has 1 fully saturated rings. The van der Waals surface area contributed by atoms with Gasteiger partial charge in [0.2, 0.25) is 5.78 Å². The Bertz CT molecular complexity index is 707. The van der Waals surface area contributed by atoms with Crippen LogP contribution in [0.1, 0.15) is 24.2 Å². The van der Waals surface area contributed by atoms with E-state index in [1.165, 1.54) is 12.8 Å². The van der Waals surface area contributed by atoms with Crippen molar-refractivity contribution in [2.75, 3.05) is 6.54 Å². The predicted octanol–water partition coefficient (Wildman–Crippen LogP) is 0.869. The first kappa shape index (κ1) is 12.5. The molecular formula is C14H17N7. The van der Waals surface area contributed by atoms with Crippen LogP contribution in [-0.2, 0) is 13.1 Å². The molecule has 1 aliphatic carbocycles. The lowest BCUT2D eigenvalue weighted by molar-refractivity contribution is 0.626. The van der Waals surface area contributed by atoms with Crippen molar-refractivity contribution in [1.29, 1.82) is 0 Å². The highest BCUT2D eigenvalue weighted by atomic mass is 15.4. The third-order valence-electron chi connectivity index (χ3n) is 3.63. The van der Waals surface area contributed by atoms with Gasteiger partial charge < -0.3 is 5.32 Å². The van der Waals surface area contributed by atoms with E-state index in [0.717, 1.165) is 30.4 Å². The number of hydrogen-bond acceptors (Lipinski definition) is 5. The van der Waals surface area contributed by atoms with Gasteiger partial charge in [0, 0.05) is 25.1 Å². The summed E-state index contributed by atoms with van der Waals surface area (Å²) in [4.78, 5) is 8.67. The number of hydrogen-bond donors (Lipinski definition) is 1. The number of nitrogens with zero attached hydrogens (tertiary/aromatic N) is 6.